The molecule has 0 bridgehead atoms. The zero-order valence-electron chi connectivity index (χ0n) is 28.2. The minimum Gasteiger partial charge on any atom is -0.234 e. The van der Waals surface area contributed by atoms with Gasteiger partial charge in [-0.3, -0.25) is 0 Å². The lowest BCUT2D eigenvalue weighted by Crippen LogP contribution is -2.37. The van der Waals surface area contributed by atoms with Crippen LogP contribution in [0.3, 0.4) is 0 Å². The van der Waals surface area contributed by atoms with Crippen LogP contribution in [-0.4, -0.2) is 4.57 Å². The third-order valence-electron chi connectivity index (χ3n) is 9.10. The molecule has 0 N–H and O–H groups in total. The summed E-state index contributed by atoms with van der Waals surface area (Å²) in [5, 5.41) is 0. The van der Waals surface area contributed by atoms with E-state index in [9.17, 15) is 0 Å². The van der Waals surface area contributed by atoms with E-state index in [1.165, 1.54) is 206 Å². The van der Waals surface area contributed by atoms with E-state index in [-0.39, 0.29) is 0 Å². The average Bonchev–Trinajstić information content (AvgIpc) is 3.35. The highest BCUT2D eigenvalue weighted by molar-refractivity contribution is 4.84. The molecule has 40 heavy (non-hydrogen) atoms. The van der Waals surface area contributed by atoms with E-state index in [1.807, 2.05) is 0 Å². The maximum absolute atomic E-state index is 2.62. The van der Waals surface area contributed by atoms with E-state index < -0.39 is 0 Å². The van der Waals surface area contributed by atoms with Crippen LogP contribution in [0.2, 0.25) is 0 Å². The van der Waals surface area contributed by atoms with E-state index in [2.05, 4.69) is 42.3 Å². The molecule has 2 heteroatoms. The molecule has 0 fully saturated rings. The van der Waals surface area contributed by atoms with Crippen molar-refractivity contribution < 1.29 is 4.57 Å². The molecule has 1 heterocycles. The standard InChI is InChI=1S/C38H75N2/c1-4-7-10-13-15-17-18-19-20-21-22-23-24-25-27-30-33-38-39(34-31-28-12-9-6-3)36-37-40(38)35-32-29-26-16-14-11-8-5-2/h36-37H,4-35H2,1-3H3/q+1. The molecule has 2 nitrogen and oxygen atoms in total. The molecule has 0 atom stereocenters. The maximum atomic E-state index is 2.62. The molecule has 0 aliphatic carbocycles. The topological polar surface area (TPSA) is 8.81 Å². The zero-order chi connectivity index (χ0) is 28.8. The van der Waals surface area contributed by atoms with Crippen molar-refractivity contribution >= 4 is 0 Å². The van der Waals surface area contributed by atoms with Gasteiger partial charge in [0, 0.05) is 6.42 Å². The van der Waals surface area contributed by atoms with Crippen LogP contribution in [-0.2, 0) is 19.5 Å². The normalized spacial score (nSPS) is 11.6. The molecule has 0 aromatic carbocycles. The van der Waals surface area contributed by atoms with Gasteiger partial charge in [0.1, 0.15) is 12.4 Å². The van der Waals surface area contributed by atoms with Crippen molar-refractivity contribution in [2.45, 2.75) is 226 Å². The van der Waals surface area contributed by atoms with Crippen LogP contribution in [0.4, 0.5) is 0 Å². The molecular formula is C38H75N2+. The third kappa shape index (κ3) is 21.9. The van der Waals surface area contributed by atoms with Crippen LogP contribution in [0.15, 0.2) is 12.4 Å². The van der Waals surface area contributed by atoms with Crippen molar-refractivity contribution in [1.82, 2.24) is 4.57 Å². The molecule has 236 valence electrons. The van der Waals surface area contributed by atoms with Crippen LogP contribution in [0.5, 0.6) is 0 Å². The first kappa shape index (κ1) is 37.2. The quantitative estimate of drug-likeness (QED) is 0.0613. The van der Waals surface area contributed by atoms with Gasteiger partial charge in [0.25, 0.3) is 5.82 Å². The average molecular weight is 560 g/mol. The van der Waals surface area contributed by atoms with Gasteiger partial charge in [-0.05, 0) is 32.1 Å². The second-order valence-corrected chi connectivity index (χ2v) is 13.0. The summed E-state index contributed by atoms with van der Waals surface area (Å²) in [7, 11) is 0. The fourth-order valence-electron chi connectivity index (χ4n) is 6.33. The van der Waals surface area contributed by atoms with Gasteiger partial charge in [-0.2, -0.15) is 0 Å². The molecule has 0 aliphatic rings. The highest BCUT2D eigenvalue weighted by Crippen LogP contribution is 2.15. The SMILES string of the molecule is CCCCCCCCCCCCCCCCCCc1n(CCCCCCC)cc[n+]1CCCCCCCCCC. The van der Waals surface area contributed by atoms with Gasteiger partial charge in [-0.1, -0.05) is 175 Å². The Kier molecular flexibility index (Phi) is 27.6. The molecule has 1 aromatic heterocycles. The second-order valence-electron chi connectivity index (χ2n) is 13.0. The Morgan fingerprint density at radius 1 is 0.425 bits per heavy atom. The van der Waals surface area contributed by atoms with Crippen LogP contribution in [0.1, 0.15) is 213 Å². The van der Waals surface area contributed by atoms with Gasteiger partial charge < -0.3 is 0 Å². The number of hydrogen-bond acceptors (Lipinski definition) is 0. The number of unbranched alkanes of at least 4 members (excludes halogenated alkanes) is 26. The van der Waals surface area contributed by atoms with Crippen molar-refractivity contribution in [3.8, 4) is 0 Å². The summed E-state index contributed by atoms with van der Waals surface area (Å²) in [6.45, 7) is 9.39. The first-order valence-electron chi connectivity index (χ1n) is 18.9. The largest absolute Gasteiger partial charge is 0.256 e. The molecular weight excluding hydrogens is 484 g/mol. The molecule has 0 spiro atoms. The van der Waals surface area contributed by atoms with Crippen molar-refractivity contribution in [3.05, 3.63) is 18.2 Å². The molecule has 1 aromatic rings. The summed E-state index contributed by atoms with van der Waals surface area (Å²) in [6, 6.07) is 0. The fourth-order valence-corrected chi connectivity index (χ4v) is 6.33. The maximum Gasteiger partial charge on any atom is 0.256 e. The van der Waals surface area contributed by atoms with E-state index in [0.717, 1.165) is 0 Å². The van der Waals surface area contributed by atoms with Crippen molar-refractivity contribution in [2.24, 2.45) is 0 Å². The van der Waals surface area contributed by atoms with E-state index >= 15 is 0 Å². The van der Waals surface area contributed by atoms with Crippen LogP contribution in [0, 0.1) is 0 Å². The monoisotopic (exact) mass is 560 g/mol. The Hall–Kier alpha value is -0.790. The molecule has 0 amide bonds. The van der Waals surface area contributed by atoms with Crippen LogP contribution < -0.4 is 4.57 Å². The van der Waals surface area contributed by atoms with Crippen LogP contribution in [0.25, 0.3) is 0 Å². The minimum absolute atomic E-state index is 1.22. The molecule has 0 aliphatic heterocycles. The Labute approximate surface area is 253 Å². The highest BCUT2D eigenvalue weighted by atomic mass is 15.1. The summed E-state index contributed by atoms with van der Waals surface area (Å²) in [5.74, 6) is 1.61. The molecule has 0 saturated heterocycles. The van der Waals surface area contributed by atoms with Gasteiger partial charge >= 0.3 is 0 Å². The van der Waals surface area contributed by atoms with E-state index in [0.29, 0.717) is 0 Å². The van der Waals surface area contributed by atoms with Crippen LogP contribution >= 0.6 is 0 Å². The van der Waals surface area contributed by atoms with E-state index in [1.54, 1.807) is 5.82 Å². The van der Waals surface area contributed by atoms with Crippen molar-refractivity contribution in [1.29, 1.82) is 0 Å². The highest BCUT2D eigenvalue weighted by Gasteiger charge is 2.16. The lowest BCUT2D eigenvalue weighted by atomic mass is 10.0. The van der Waals surface area contributed by atoms with Gasteiger partial charge in [0.05, 0.1) is 13.1 Å². The van der Waals surface area contributed by atoms with Crippen molar-refractivity contribution in [3.63, 3.8) is 0 Å². The smallest absolute Gasteiger partial charge is 0.234 e. The zero-order valence-corrected chi connectivity index (χ0v) is 28.2. The molecule has 0 radical (unpaired) electrons. The second kappa shape index (κ2) is 29.7. The minimum atomic E-state index is 1.22. The molecule has 0 saturated carbocycles. The Bertz CT molecular complexity index is 619. The summed E-state index contributed by atoms with van der Waals surface area (Å²) < 4.78 is 5.23. The Morgan fingerprint density at radius 2 is 0.775 bits per heavy atom. The Balaban J connectivity index is 2.19. The number of aromatic nitrogens is 2. The summed E-state index contributed by atoms with van der Waals surface area (Å²) in [5.41, 5.74) is 0. The number of aryl methyl sites for hydroxylation is 2. The van der Waals surface area contributed by atoms with Gasteiger partial charge in [0.15, 0.2) is 0 Å². The van der Waals surface area contributed by atoms with E-state index in [4.69, 9.17) is 0 Å². The number of rotatable bonds is 32. The summed E-state index contributed by atoms with van der Waals surface area (Å²) in [4.78, 5) is 0. The molecule has 1 rings (SSSR count). The number of nitrogens with zero attached hydrogens (tertiary/aromatic N) is 2. The summed E-state index contributed by atoms with van der Waals surface area (Å²) in [6.07, 6.45) is 47.4. The predicted molar refractivity (Wildman–Crippen MR) is 179 cm³/mol. The predicted octanol–water partition coefficient (Wildman–Crippen LogP) is 12.7. The van der Waals surface area contributed by atoms with Gasteiger partial charge in [-0.15, -0.1) is 0 Å². The fraction of sp³-hybridized carbons (Fsp3) is 0.921. The van der Waals surface area contributed by atoms with Gasteiger partial charge in [-0.25, -0.2) is 9.13 Å². The number of hydrogen-bond donors (Lipinski definition) is 0. The summed E-state index contributed by atoms with van der Waals surface area (Å²) >= 11 is 0. The first-order valence-corrected chi connectivity index (χ1v) is 18.9. The lowest BCUT2D eigenvalue weighted by Gasteiger charge is -2.07. The number of imidazole rings is 1. The Morgan fingerprint density at radius 3 is 1.20 bits per heavy atom. The lowest BCUT2D eigenvalue weighted by molar-refractivity contribution is -0.704. The molecule has 0 unspecified atom stereocenters. The van der Waals surface area contributed by atoms with Crippen molar-refractivity contribution in [2.75, 3.05) is 0 Å². The van der Waals surface area contributed by atoms with Gasteiger partial charge in [0.2, 0.25) is 0 Å². The first-order chi connectivity index (χ1) is 19.8. The third-order valence-corrected chi connectivity index (χ3v) is 9.10.